The van der Waals surface area contributed by atoms with Crippen molar-refractivity contribution < 1.29 is 8.78 Å². The van der Waals surface area contributed by atoms with E-state index in [-0.39, 0.29) is 17.7 Å². The predicted octanol–water partition coefficient (Wildman–Crippen LogP) is 9.08. The summed E-state index contributed by atoms with van der Waals surface area (Å²) in [4.78, 5) is 0. The van der Waals surface area contributed by atoms with Gasteiger partial charge in [-0.2, -0.15) is 0 Å². The van der Waals surface area contributed by atoms with Crippen molar-refractivity contribution in [3.63, 3.8) is 0 Å². The Morgan fingerprint density at radius 3 is 2.68 bits per heavy atom. The highest BCUT2D eigenvalue weighted by Crippen LogP contribution is 2.57. The van der Waals surface area contributed by atoms with E-state index in [1.165, 1.54) is 24.5 Å². The number of alkyl halides is 1. The maximum atomic E-state index is 14.7. The van der Waals surface area contributed by atoms with Crippen LogP contribution in [0.25, 0.3) is 0 Å². The molecule has 0 saturated heterocycles. The van der Waals surface area contributed by atoms with Crippen LogP contribution in [-0.4, -0.2) is 6.17 Å². The minimum atomic E-state index is -1.25. The topological polar surface area (TPSA) is 0 Å². The number of benzene rings is 1. The predicted molar refractivity (Wildman–Crippen MR) is 141 cm³/mol. The first-order valence-electron chi connectivity index (χ1n) is 12.8. The maximum absolute atomic E-state index is 14.7. The van der Waals surface area contributed by atoms with Gasteiger partial charge in [-0.1, -0.05) is 68.2 Å². The summed E-state index contributed by atoms with van der Waals surface area (Å²) in [5, 5.41) is 0.443. The van der Waals surface area contributed by atoms with Crippen molar-refractivity contribution in [2.75, 3.05) is 0 Å². The summed E-state index contributed by atoms with van der Waals surface area (Å²) < 4.78 is 28.8. The zero-order valence-electron chi connectivity index (χ0n) is 21.3. The largest absolute Gasteiger partial charge is 0.233 e. The van der Waals surface area contributed by atoms with Crippen molar-refractivity contribution in [3.05, 3.63) is 69.0 Å². The molecule has 2 fully saturated rings. The molecule has 6 unspecified atom stereocenters. The molecule has 0 spiro atoms. The van der Waals surface area contributed by atoms with Gasteiger partial charge in [0.1, 0.15) is 5.82 Å². The Labute approximate surface area is 210 Å². The van der Waals surface area contributed by atoms with Crippen LogP contribution in [0.5, 0.6) is 0 Å². The number of halogens is 3. The average molecular weight is 485 g/mol. The molecule has 0 amide bonds. The molecule has 3 heteroatoms. The summed E-state index contributed by atoms with van der Waals surface area (Å²) in [6, 6.07) is 3.36. The van der Waals surface area contributed by atoms with Gasteiger partial charge in [0.25, 0.3) is 0 Å². The van der Waals surface area contributed by atoms with E-state index in [1.54, 1.807) is 5.57 Å². The molecule has 2 aliphatic carbocycles. The lowest BCUT2D eigenvalue weighted by molar-refractivity contribution is 0.240. The third-order valence-corrected chi connectivity index (χ3v) is 8.11. The lowest BCUT2D eigenvalue weighted by Gasteiger charge is -2.21. The average Bonchev–Trinajstić information content (AvgIpc) is 3.46. The molecule has 2 saturated carbocycles. The van der Waals surface area contributed by atoms with Gasteiger partial charge in [-0.3, -0.25) is 0 Å². The fourth-order valence-electron chi connectivity index (χ4n) is 5.74. The highest BCUT2D eigenvalue weighted by molar-refractivity contribution is 6.31. The van der Waals surface area contributed by atoms with Crippen molar-refractivity contribution in [2.24, 2.45) is 29.6 Å². The van der Waals surface area contributed by atoms with Gasteiger partial charge in [0.15, 0.2) is 6.17 Å². The molecule has 0 radical (unpaired) electrons. The van der Waals surface area contributed by atoms with Gasteiger partial charge in [-0.25, -0.2) is 8.78 Å². The van der Waals surface area contributed by atoms with Crippen molar-refractivity contribution in [1.82, 2.24) is 0 Å². The quantitative estimate of drug-likeness (QED) is 0.229. The molecule has 0 heterocycles. The number of aryl methyl sites for hydroxylation is 1. The summed E-state index contributed by atoms with van der Waals surface area (Å²) in [6.45, 7) is 10.4. The van der Waals surface area contributed by atoms with Gasteiger partial charge < -0.3 is 0 Å². The summed E-state index contributed by atoms with van der Waals surface area (Å²) in [6.07, 6.45) is 16.3. The number of fused-ring (bicyclic) bond motifs is 1. The Bertz CT molecular complexity index is 1010. The van der Waals surface area contributed by atoms with E-state index >= 15 is 0 Å². The zero-order valence-corrected chi connectivity index (χ0v) is 22.1. The number of allylic oxidation sites excluding steroid dienone is 6. The van der Waals surface area contributed by atoms with Gasteiger partial charge in [-0.05, 0) is 104 Å². The fraction of sp³-hybridized carbons (Fsp3) is 0.548. The first kappa shape index (κ1) is 26.7. The monoisotopic (exact) mass is 484 g/mol. The maximum Gasteiger partial charge on any atom is 0.163 e. The van der Waals surface area contributed by atoms with Crippen molar-refractivity contribution in [1.29, 1.82) is 0 Å². The molecule has 0 nitrogen and oxygen atoms in total. The standard InChI is InChI=1S/C31H39ClF2/c1-7-26(30(33)9-3)21(6)12-20(5)14-25-15-22(31(34)18-29(25)32)11-10-19(4)13-23-16-24-17-28(24)27(23)8-2/h3,8,12-13,15,18-19,21,24,26,28,30H,7,10-11,14,16-17H2,1-2,4-6H3/b20-12-,23-13-,27-8+. The third kappa shape index (κ3) is 6.42. The van der Waals surface area contributed by atoms with Crippen LogP contribution in [0.1, 0.15) is 71.4 Å². The SMILES string of the molecule is C#CC(F)C(CC)C(C)/C=C(/C)Cc1cc(CCC(C)/C=C2/CC3CC3/C2=C/C)c(F)cc1Cl. The molecule has 3 rings (SSSR count). The molecule has 184 valence electrons. The van der Waals surface area contributed by atoms with E-state index in [1.807, 2.05) is 26.8 Å². The Hall–Kier alpha value is -1.85. The van der Waals surface area contributed by atoms with Gasteiger partial charge in [-0.15, -0.1) is 6.42 Å². The normalized spacial score (nSPS) is 25.7. The molecule has 0 bridgehead atoms. The Morgan fingerprint density at radius 1 is 1.29 bits per heavy atom. The molecule has 0 N–H and O–H groups in total. The van der Waals surface area contributed by atoms with Gasteiger partial charge in [0.2, 0.25) is 0 Å². The van der Waals surface area contributed by atoms with E-state index in [4.69, 9.17) is 18.0 Å². The van der Waals surface area contributed by atoms with E-state index in [2.05, 4.69) is 38.0 Å². The van der Waals surface area contributed by atoms with Crippen LogP contribution >= 0.6 is 11.6 Å². The Morgan fingerprint density at radius 2 is 2.03 bits per heavy atom. The van der Waals surface area contributed by atoms with Crippen LogP contribution in [0.4, 0.5) is 8.78 Å². The summed E-state index contributed by atoms with van der Waals surface area (Å²) in [7, 11) is 0. The van der Waals surface area contributed by atoms with Gasteiger partial charge >= 0.3 is 0 Å². The highest BCUT2D eigenvalue weighted by atomic mass is 35.5. The molecular weight excluding hydrogens is 446 g/mol. The molecule has 2 aliphatic rings. The van der Waals surface area contributed by atoms with Crippen LogP contribution < -0.4 is 0 Å². The smallest absolute Gasteiger partial charge is 0.163 e. The summed E-state index contributed by atoms with van der Waals surface area (Å²) >= 11 is 6.40. The van der Waals surface area contributed by atoms with Crippen LogP contribution in [0.3, 0.4) is 0 Å². The van der Waals surface area contributed by atoms with Crippen molar-refractivity contribution >= 4 is 11.6 Å². The first-order valence-corrected chi connectivity index (χ1v) is 13.2. The first-order chi connectivity index (χ1) is 16.2. The van der Waals surface area contributed by atoms with Gasteiger partial charge in [0, 0.05) is 10.9 Å². The molecule has 34 heavy (non-hydrogen) atoms. The van der Waals surface area contributed by atoms with E-state index in [0.29, 0.717) is 35.8 Å². The molecule has 1 aromatic carbocycles. The lowest BCUT2D eigenvalue weighted by Crippen LogP contribution is -2.20. The van der Waals surface area contributed by atoms with E-state index in [9.17, 15) is 8.78 Å². The number of rotatable bonds is 10. The van der Waals surface area contributed by atoms with E-state index < -0.39 is 6.17 Å². The molecule has 6 atom stereocenters. The number of hydrogen-bond acceptors (Lipinski definition) is 0. The summed E-state index contributed by atoms with van der Waals surface area (Å²) in [5.74, 6) is 3.88. The van der Waals surface area contributed by atoms with E-state index in [0.717, 1.165) is 29.4 Å². The van der Waals surface area contributed by atoms with Crippen LogP contribution in [0, 0.1) is 47.8 Å². The second kappa shape index (κ2) is 11.7. The minimum Gasteiger partial charge on any atom is -0.233 e. The highest BCUT2D eigenvalue weighted by Gasteiger charge is 2.46. The zero-order chi connectivity index (χ0) is 25.0. The van der Waals surface area contributed by atoms with Gasteiger partial charge in [0.05, 0.1) is 0 Å². The van der Waals surface area contributed by atoms with Crippen molar-refractivity contribution in [2.45, 2.75) is 79.3 Å². The lowest BCUT2D eigenvalue weighted by atomic mass is 9.85. The second-order valence-corrected chi connectivity index (χ2v) is 10.9. The van der Waals surface area contributed by atoms with Crippen LogP contribution in [-0.2, 0) is 12.8 Å². The van der Waals surface area contributed by atoms with Crippen molar-refractivity contribution in [3.8, 4) is 12.3 Å². The van der Waals surface area contributed by atoms with Crippen LogP contribution in [0.15, 0.2) is 47.1 Å². The molecule has 1 aromatic rings. The fourth-order valence-corrected chi connectivity index (χ4v) is 5.96. The van der Waals surface area contributed by atoms with Crippen LogP contribution in [0.2, 0.25) is 5.02 Å². The number of terminal acetylenes is 1. The number of hydrogen-bond donors (Lipinski definition) is 0. The Kier molecular flexibility index (Phi) is 9.22. The third-order valence-electron chi connectivity index (χ3n) is 7.75. The minimum absolute atomic E-state index is 0.0207. The Balaban J connectivity index is 1.66. The molecular formula is C31H39ClF2. The second-order valence-electron chi connectivity index (χ2n) is 10.5. The molecule has 0 aliphatic heterocycles. The summed E-state index contributed by atoms with van der Waals surface area (Å²) in [5.41, 5.74) is 5.77. The molecule has 0 aromatic heterocycles.